The van der Waals surface area contributed by atoms with Crippen molar-refractivity contribution in [3.63, 3.8) is 0 Å². The fourth-order valence-electron chi connectivity index (χ4n) is 4.11. The van der Waals surface area contributed by atoms with Gasteiger partial charge in [-0.3, -0.25) is 19.7 Å². The number of amides is 2. The van der Waals surface area contributed by atoms with E-state index < -0.39 is 11.0 Å². The Hall–Kier alpha value is -4.01. The van der Waals surface area contributed by atoms with Crippen molar-refractivity contribution in [3.8, 4) is 0 Å². The second-order valence-electron chi connectivity index (χ2n) is 7.36. The first-order valence-electron chi connectivity index (χ1n) is 9.49. The van der Waals surface area contributed by atoms with Crippen molar-refractivity contribution in [1.82, 2.24) is 14.9 Å². The molecule has 1 aromatic heterocycles. The Balaban J connectivity index is 1.42. The number of hydrazone groups is 1. The number of aromatic nitrogens is 1. The van der Waals surface area contributed by atoms with Crippen LogP contribution >= 0.6 is 0 Å². The first-order chi connectivity index (χ1) is 14.5. The fraction of sp³-hybridized carbons (Fsp3) is 0.190. The Bertz CT molecular complexity index is 1230. The Labute approximate surface area is 170 Å². The van der Waals surface area contributed by atoms with Gasteiger partial charge in [-0.1, -0.05) is 30.3 Å². The number of nitrogens with zero attached hydrogens (tertiary/aromatic N) is 4. The number of hydrogen-bond donors (Lipinski definition) is 1. The number of piperazine rings is 1. The number of nitro groups is 1. The molecule has 9 nitrogen and oxygen atoms in total. The molecule has 3 aromatic rings. The summed E-state index contributed by atoms with van der Waals surface area (Å²) in [6.07, 6.45) is 1.79. The van der Waals surface area contributed by atoms with Crippen LogP contribution < -0.4 is 0 Å². The lowest BCUT2D eigenvalue weighted by Gasteiger charge is -2.40. The summed E-state index contributed by atoms with van der Waals surface area (Å²) in [5.74, 6) is -0.438. The number of hydrogen-bond acceptors (Lipinski definition) is 5. The van der Waals surface area contributed by atoms with Crippen LogP contribution in [0.3, 0.4) is 0 Å². The summed E-state index contributed by atoms with van der Waals surface area (Å²) in [6, 6.07) is 13.2. The van der Waals surface area contributed by atoms with Crippen LogP contribution in [0, 0.1) is 10.1 Å². The fourth-order valence-corrected chi connectivity index (χ4v) is 4.11. The number of fused-ring (bicyclic) bond motifs is 4. The lowest BCUT2D eigenvalue weighted by molar-refractivity contribution is -0.384. The zero-order valence-corrected chi connectivity index (χ0v) is 15.8. The van der Waals surface area contributed by atoms with Crippen molar-refractivity contribution < 1.29 is 14.5 Å². The highest BCUT2D eigenvalue weighted by Gasteiger charge is 2.43. The van der Waals surface area contributed by atoms with E-state index in [1.54, 1.807) is 17.0 Å². The first-order valence-corrected chi connectivity index (χ1v) is 9.49. The van der Waals surface area contributed by atoms with Gasteiger partial charge in [0.05, 0.1) is 17.7 Å². The van der Waals surface area contributed by atoms with Gasteiger partial charge in [-0.05, 0) is 11.6 Å². The molecule has 1 N–H and O–H groups in total. The third-order valence-electron chi connectivity index (χ3n) is 5.58. The summed E-state index contributed by atoms with van der Waals surface area (Å²) >= 11 is 0. The highest BCUT2D eigenvalue weighted by atomic mass is 16.6. The monoisotopic (exact) mass is 403 g/mol. The second kappa shape index (κ2) is 6.80. The molecular formula is C21H17N5O4. The molecule has 5 rings (SSSR count). The van der Waals surface area contributed by atoms with E-state index in [0.717, 1.165) is 27.2 Å². The lowest BCUT2D eigenvalue weighted by Crippen LogP contribution is -2.60. The molecule has 0 saturated carbocycles. The largest absolute Gasteiger partial charge is 0.357 e. The molecule has 2 amide bonds. The molecule has 30 heavy (non-hydrogen) atoms. The van der Waals surface area contributed by atoms with Crippen molar-refractivity contribution >= 4 is 34.6 Å². The van der Waals surface area contributed by atoms with Crippen molar-refractivity contribution in [2.75, 3.05) is 6.54 Å². The number of non-ortho nitro benzene ring substituents is 1. The number of aromatic amines is 1. The standard InChI is InChI=1S/C21H17N5O4/c27-20-12-25(22-10-13-4-3-5-14(8-13)26(29)30)21(28)19-9-16-15-6-1-2-7-17(15)23-18(16)11-24(19)20/h1-8,10,19,23H,9,11-12H2/b22-10-/t19-/m1/s1. The van der Waals surface area contributed by atoms with Gasteiger partial charge in [-0.15, -0.1) is 0 Å². The van der Waals surface area contributed by atoms with Gasteiger partial charge in [0.15, 0.2) is 0 Å². The predicted molar refractivity (Wildman–Crippen MR) is 109 cm³/mol. The molecule has 0 unspecified atom stereocenters. The number of benzene rings is 2. The normalized spacial score (nSPS) is 18.7. The lowest BCUT2D eigenvalue weighted by atomic mass is 9.94. The van der Waals surface area contributed by atoms with E-state index in [-0.39, 0.29) is 24.0 Å². The molecule has 0 spiro atoms. The van der Waals surface area contributed by atoms with Crippen LogP contribution in [0.5, 0.6) is 0 Å². The minimum atomic E-state index is -0.611. The zero-order valence-electron chi connectivity index (χ0n) is 15.8. The van der Waals surface area contributed by atoms with Crippen LogP contribution in [0.1, 0.15) is 16.8 Å². The van der Waals surface area contributed by atoms with Gasteiger partial charge in [0.1, 0.15) is 12.6 Å². The predicted octanol–water partition coefficient (Wildman–Crippen LogP) is 2.21. The zero-order chi connectivity index (χ0) is 20.8. The molecule has 1 fully saturated rings. The van der Waals surface area contributed by atoms with Gasteiger partial charge in [-0.2, -0.15) is 5.10 Å². The van der Waals surface area contributed by atoms with E-state index >= 15 is 0 Å². The summed E-state index contributed by atoms with van der Waals surface area (Å²) in [5.41, 5.74) is 3.42. The minimum Gasteiger partial charge on any atom is -0.357 e. The number of H-pyrrole nitrogens is 1. The number of rotatable bonds is 3. The average molecular weight is 403 g/mol. The molecule has 0 radical (unpaired) electrons. The quantitative estimate of drug-likeness (QED) is 0.410. The summed E-state index contributed by atoms with van der Waals surface area (Å²) in [5, 5.41) is 17.3. The van der Waals surface area contributed by atoms with Crippen molar-refractivity contribution in [3.05, 3.63) is 75.5 Å². The maximum absolute atomic E-state index is 13.1. The molecule has 2 aliphatic rings. The Morgan fingerprint density at radius 2 is 1.97 bits per heavy atom. The summed E-state index contributed by atoms with van der Waals surface area (Å²) < 4.78 is 0. The molecule has 9 heteroatoms. The summed E-state index contributed by atoms with van der Waals surface area (Å²) in [7, 11) is 0. The average Bonchev–Trinajstić information content (AvgIpc) is 3.12. The third-order valence-corrected chi connectivity index (χ3v) is 5.58. The van der Waals surface area contributed by atoms with E-state index in [1.165, 1.54) is 18.3 Å². The molecule has 0 bridgehead atoms. The van der Waals surface area contributed by atoms with E-state index in [4.69, 9.17) is 0 Å². The smallest absolute Gasteiger partial charge is 0.270 e. The van der Waals surface area contributed by atoms with Gasteiger partial charge in [0.2, 0.25) is 5.91 Å². The third kappa shape index (κ3) is 2.91. The van der Waals surface area contributed by atoms with Crippen molar-refractivity contribution in [2.45, 2.75) is 19.0 Å². The molecule has 3 heterocycles. The van der Waals surface area contributed by atoms with E-state index in [9.17, 15) is 19.7 Å². The van der Waals surface area contributed by atoms with Crippen LogP contribution in [-0.4, -0.2) is 50.4 Å². The van der Waals surface area contributed by atoms with Gasteiger partial charge < -0.3 is 9.88 Å². The first kappa shape index (κ1) is 18.0. The van der Waals surface area contributed by atoms with E-state index in [2.05, 4.69) is 10.1 Å². The SMILES string of the molecule is O=C1[C@H]2Cc3c([nH]c4ccccc34)CN2C(=O)CN1/N=C\c1cccc([N+](=O)[O-])c1. The minimum absolute atomic E-state index is 0.0645. The molecule has 0 aliphatic carbocycles. The van der Waals surface area contributed by atoms with Gasteiger partial charge >= 0.3 is 0 Å². The van der Waals surface area contributed by atoms with Gasteiger partial charge in [0.25, 0.3) is 11.6 Å². The van der Waals surface area contributed by atoms with Gasteiger partial charge in [-0.25, -0.2) is 5.01 Å². The maximum atomic E-state index is 13.1. The van der Waals surface area contributed by atoms with Crippen molar-refractivity contribution in [1.29, 1.82) is 0 Å². The molecule has 150 valence electrons. The second-order valence-corrected chi connectivity index (χ2v) is 7.36. The van der Waals surface area contributed by atoms with Crippen LogP contribution in [0.2, 0.25) is 0 Å². The highest BCUT2D eigenvalue weighted by Crippen LogP contribution is 2.32. The van der Waals surface area contributed by atoms with Gasteiger partial charge in [0, 0.05) is 40.7 Å². The van der Waals surface area contributed by atoms with Crippen LogP contribution in [0.15, 0.2) is 53.6 Å². The maximum Gasteiger partial charge on any atom is 0.270 e. The molecule has 1 atom stereocenters. The Morgan fingerprint density at radius 3 is 2.80 bits per heavy atom. The molecule has 2 aliphatic heterocycles. The Morgan fingerprint density at radius 1 is 1.13 bits per heavy atom. The molecular weight excluding hydrogens is 386 g/mol. The number of para-hydroxylation sites is 1. The van der Waals surface area contributed by atoms with Crippen LogP contribution in [0.4, 0.5) is 5.69 Å². The van der Waals surface area contributed by atoms with E-state index in [0.29, 0.717) is 18.5 Å². The highest BCUT2D eigenvalue weighted by molar-refractivity contribution is 5.97. The number of carbonyl (C=O) groups excluding carboxylic acids is 2. The summed E-state index contributed by atoms with van der Waals surface area (Å²) in [4.78, 5) is 41.2. The number of nitrogens with one attached hydrogen (secondary N) is 1. The Kier molecular flexibility index (Phi) is 4.09. The van der Waals surface area contributed by atoms with Crippen molar-refractivity contribution in [2.24, 2.45) is 5.10 Å². The number of nitro benzene ring substituents is 1. The van der Waals surface area contributed by atoms with Crippen LogP contribution in [-0.2, 0) is 22.6 Å². The topological polar surface area (TPSA) is 112 Å². The van der Waals surface area contributed by atoms with E-state index in [1.807, 2.05) is 24.3 Å². The molecule has 2 aromatic carbocycles. The summed E-state index contributed by atoms with van der Waals surface area (Å²) in [6.45, 7) is 0.206. The number of carbonyl (C=O) groups is 2. The molecule has 1 saturated heterocycles. The van der Waals surface area contributed by atoms with Crippen LogP contribution in [0.25, 0.3) is 10.9 Å².